The summed E-state index contributed by atoms with van der Waals surface area (Å²) in [5.41, 5.74) is 0. The predicted octanol–water partition coefficient (Wildman–Crippen LogP) is 2.98. The molecule has 3 unspecified atom stereocenters. The van der Waals surface area contributed by atoms with Crippen LogP contribution >= 0.6 is 0 Å². The highest BCUT2D eigenvalue weighted by atomic mass is 14.9. The lowest BCUT2D eigenvalue weighted by atomic mass is 9.77. The van der Waals surface area contributed by atoms with E-state index in [-0.39, 0.29) is 0 Å². The van der Waals surface area contributed by atoms with Gasteiger partial charge in [-0.15, -0.1) is 6.58 Å². The van der Waals surface area contributed by atoms with E-state index in [1.165, 1.54) is 32.1 Å². The Bertz CT molecular complexity index is 153. The topological polar surface area (TPSA) is 12.0 Å². The molecule has 0 spiro atoms. The molecule has 0 saturated heterocycles. The zero-order chi connectivity index (χ0) is 9.68. The smallest absolute Gasteiger partial charge is 0.0273 e. The fourth-order valence-corrected chi connectivity index (χ4v) is 2.58. The minimum atomic E-state index is 0.536. The molecule has 1 nitrogen and oxygen atoms in total. The predicted molar refractivity (Wildman–Crippen MR) is 58.8 cm³/mol. The van der Waals surface area contributed by atoms with Crippen molar-refractivity contribution >= 4 is 0 Å². The Labute approximate surface area is 82.6 Å². The van der Waals surface area contributed by atoms with E-state index < -0.39 is 0 Å². The molecule has 0 aromatic heterocycles. The van der Waals surface area contributed by atoms with Crippen molar-refractivity contribution in [3.05, 3.63) is 12.7 Å². The van der Waals surface area contributed by atoms with Gasteiger partial charge in [0.2, 0.25) is 0 Å². The van der Waals surface area contributed by atoms with Crippen molar-refractivity contribution in [1.29, 1.82) is 0 Å². The lowest BCUT2D eigenvalue weighted by Gasteiger charge is -2.32. The zero-order valence-corrected chi connectivity index (χ0v) is 9.05. The monoisotopic (exact) mass is 181 g/mol. The van der Waals surface area contributed by atoms with Gasteiger partial charge in [-0.05, 0) is 31.7 Å². The Morgan fingerprint density at radius 3 is 2.85 bits per heavy atom. The van der Waals surface area contributed by atoms with Crippen LogP contribution in [-0.4, -0.2) is 13.1 Å². The lowest BCUT2D eigenvalue weighted by Crippen LogP contribution is -2.34. The van der Waals surface area contributed by atoms with Crippen LogP contribution in [0.5, 0.6) is 0 Å². The first-order valence-electron chi connectivity index (χ1n) is 5.61. The fraction of sp³-hybridized carbons (Fsp3) is 0.833. The Morgan fingerprint density at radius 1 is 1.54 bits per heavy atom. The van der Waals surface area contributed by atoms with E-state index in [1.54, 1.807) is 0 Å². The van der Waals surface area contributed by atoms with Crippen LogP contribution < -0.4 is 5.32 Å². The maximum Gasteiger partial charge on any atom is 0.0273 e. The molecule has 1 saturated carbocycles. The molecule has 0 heterocycles. The fourth-order valence-electron chi connectivity index (χ4n) is 2.58. The first kappa shape index (κ1) is 10.8. The summed E-state index contributed by atoms with van der Waals surface area (Å²) in [4.78, 5) is 0. The normalized spacial score (nSPS) is 31.2. The minimum absolute atomic E-state index is 0.536. The summed E-state index contributed by atoms with van der Waals surface area (Å²) in [7, 11) is 2.04. The molecule has 0 radical (unpaired) electrons. The van der Waals surface area contributed by atoms with Crippen LogP contribution in [0.2, 0.25) is 0 Å². The van der Waals surface area contributed by atoms with E-state index in [0.29, 0.717) is 6.04 Å². The molecule has 0 amide bonds. The molecule has 3 atom stereocenters. The van der Waals surface area contributed by atoms with Crippen molar-refractivity contribution < 1.29 is 0 Å². The number of rotatable bonds is 4. The number of hydrogen-bond acceptors (Lipinski definition) is 1. The molecule has 1 N–H and O–H groups in total. The molecule has 1 fully saturated rings. The van der Waals surface area contributed by atoms with Crippen LogP contribution in [0.15, 0.2) is 12.7 Å². The summed E-state index contributed by atoms with van der Waals surface area (Å²) in [6.45, 7) is 6.21. The second kappa shape index (κ2) is 5.43. The van der Waals surface area contributed by atoms with Crippen LogP contribution in [0.25, 0.3) is 0 Å². The summed E-state index contributed by atoms with van der Waals surface area (Å²) in [5, 5.41) is 3.35. The van der Waals surface area contributed by atoms with Gasteiger partial charge in [-0.1, -0.05) is 32.3 Å². The van der Waals surface area contributed by atoms with Crippen molar-refractivity contribution in [2.24, 2.45) is 11.8 Å². The largest absolute Gasteiger partial charge is 0.313 e. The number of likely N-dealkylation sites (N-methyl/N-ethyl adjacent to an activating group) is 1. The number of hydrogen-bond donors (Lipinski definition) is 1. The summed E-state index contributed by atoms with van der Waals surface area (Å²) in [6, 6.07) is 0.536. The molecule has 1 aliphatic rings. The average Bonchev–Trinajstić information content (AvgIpc) is 2.20. The summed E-state index contributed by atoms with van der Waals surface area (Å²) in [6.07, 6.45) is 9.06. The molecule has 1 aliphatic carbocycles. The third-order valence-electron chi connectivity index (χ3n) is 3.50. The molecule has 76 valence electrons. The van der Waals surface area contributed by atoms with Gasteiger partial charge in [-0.2, -0.15) is 0 Å². The molecule has 1 heteroatoms. The molecule has 0 bridgehead atoms. The van der Waals surface area contributed by atoms with Gasteiger partial charge in [0.05, 0.1) is 0 Å². The van der Waals surface area contributed by atoms with Gasteiger partial charge in [0, 0.05) is 6.04 Å². The maximum atomic E-state index is 3.90. The van der Waals surface area contributed by atoms with Gasteiger partial charge in [0.1, 0.15) is 0 Å². The van der Waals surface area contributed by atoms with Gasteiger partial charge in [0.25, 0.3) is 0 Å². The number of nitrogens with one attached hydrogen (secondary N) is 1. The first-order valence-corrected chi connectivity index (χ1v) is 5.61. The van der Waals surface area contributed by atoms with Crippen molar-refractivity contribution in [1.82, 2.24) is 5.32 Å². The highest BCUT2D eigenvalue weighted by Crippen LogP contribution is 2.32. The van der Waals surface area contributed by atoms with Crippen molar-refractivity contribution in [3.63, 3.8) is 0 Å². The lowest BCUT2D eigenvalue weighted by molar-refractivity contribution is 0.233. The summed E-state index contributed by atoms with van der Waals surface area (Å²) >= 11 is 0. The Kier molecular flexibility index (Phi) is 4.51. The van der Waals surface area contributed by atoms with Crippen molar-refractivity contribution in [2.75, 3.05) is 7.05 Å². The van der Waals surface area contributed by atoms with Crippen LogP contribution in [0.3, 0.4) is 0 Å². The molecule has 13 heavy (non-hydrogen) atoms. The third kappa shape index (κ3) is 2.84. The van der Waals surface area contributed by atoms with E-state index in [1.807, 2.05) is 7.05 Å². The van der Waals surface area contributed by atoms with Crippen molar-refractivity contribution in [2.45, 2.75) is 45.1 Å². The Hall–Kier alpha value is -0.300. The van der Waals surface area contributed by atoms with Crippen LogP contribution in [0, 0.1) is 11.8 Å². The zero-order valence-electron chi connectivity index (χ0n) is 9.05. The maximum absolute atomic E-state index is 3.90. The molecule has 0 aromatic carbocycles. The van der Waals surface area contributed by atoms with E-state index in [4.69, 9.17) is 0 Å². The summed E-state index contributed by atoms with van der Waals surface area (Å²) < 4.78 is 0. The van der Waals surface area contributed by atoms with E-state index >= 15 is 0 Å². The standard InChI is InChI=1S/C12H23N/c1-4-10-7-6-8-11(9-10)12(5-2)13-3/h5,10-13H,2,4,6-9H2,1,3H3. The SMILES string of the molecule is C=CC(NC)C1CCCC(CC)C1. The molecular weight excluding hydrogens is 158 g/mol. The second-order valence-electron chi connectivity index (χ2n) is 4.25. The van der Waals surface area contributed by atoms with Gasteiger partial charge >= 0.3 is 0 Å². The summed E-state index contributed by atoms with van der Waals surface area (Å²) in [5.74, 6) is 1.80. The molecule has 0 aromatic rings. The highest BCUT2D eigenvalue weighted by Gasteiger charge is 2.24. The van der Waals surface area contributed by atoms with Crippen LogP contribution in [-0.2, 0) is 0 Å². The average molecular weight is 181 g/mol. The second-order valence-corrected chi connectivity index (χ2v) is 4.25. The molecular formula is C12H23N. The van der Waals surface area contributed by atoms with Gasteiger partial charge in [0.15, 0.2) is 0 Å². The van der Waals surface area contributed by atoms with E-state index in [9.17, 15) is 0 Å². The third-order valence-corrected chi connectivity index (χ3v) is 3.50. The quantitative estimate of drug-likeness (QED) is 0.657. The Balaban J connectivity index is 2.44. The van der Waals surface area contributed by atoms with Gasteiger partial charge in [-0.3, -0.25) is 0 Å². The van der Waals surface area contributed by atoms with E-state index in [0.717, 1.165) is 11.8 Å². The highest BCUT2D eigenvalue weighted by molar-refractivity contribution is 4.92. The van der Waals surface area contributed by atoms with Crippen LogP contribution in [0.1, 0.15) is 39.0 Å². The molecule has 0 aliphatic heterocycles. The minimum Gasteiger partial charge on any atom is -0.313 e. The Morgan fingerprint density at radius 2 is 2.31 bits per heavy atom. The first-order chi connectivity index (χ1) is 6.31. The molecule has 1 rings (SSSR count). The van der Waals surface area contributed by atoms with E-state index in [2.05, 4.69) is 24.9 Å². The van der Waals surface area contributed by atoms with Gasteiger partial charge in [-0.25, -0.2) is 0 Å². The van der Waals surface area contributed by atoms with Crippen molar-refractivity contribution in [3.8, 4) is 0 Å². The van der Waals surface area contributed by atoms with Crippen LogP contribution in [0.4, 0.5) is 0 Å². The van der Waals surface area contributed by atoms with Gasteiger partial charge < -0.3 is 5.32 Å².